The maximum atomic E-state index is 6.07. The Labute approximate surface area is 108 Å². The van der Waals surface area contributed by atoms with Crippen LogP contribution in [0.25, 0.3) is 0 Å². The van der Waals surface area contributed by atoms with Crippen molar-refractivity contribution < 1.29 is 4.74 Å². The molecule has 0 radical (unpaired) electrons. The number of thiophene rings is 1. The number of hydrogen-bond acceptors (Lipinski definition) is 3. The molecular weight excluding hydrogens is 298 g/mol. The molecule has 1 unspecified atom stereocenters. The Morgan fingerprint density at radius 3 is 2.93 bits per heavy atom. The summed E-state index contributed by atoms with van der Waals surface area (Å²) in [5, 5.41) is 2.15. The molecule has 1 heterocycles. The smallest absolute Gasteiger partial charge is 0.0696 e. The highest BCUT2D eigenvalue weighted by Gasteiger charge is 2.09. The molecule has 0 aliphatic rings. The van der Waals surface area contributed by atoms with Crippen molar-refractivity contribution in [3.63, 3.8) is 0 Å². The summed E-state index contributed by atoms with van der Waals surface area (Å²) in [6.07, 6.45) is 0. The van der Waals surface area contributed by atoms with Crippen LogP contribution in [-0.4, -0.2) is 37.6 Å². The van der Waals surface area contributed by atoms with Crippen LogP contribution in [0.2, 0.25) is 0 Å². The van der Waals surface area contributed by atoms with Crippen molar-refractivity contribution in [3.8, 4) is 0 Å². The van der Waals surface area contributed by atoms with Gasteiger partial charge in [-0.25, -0.2) is 0 Å². The van der Waals surface area contributed by atoms with Gasteiger partial charge in [0.05, 0.1) is 12.0 Å². The van der Waals surface area contributed by atoms with Crippen molar-refractivity contribution in [2.75, 3.05) is 27.3 Å². The molecule has 1 aromatic heterocycles. The molecule has 0 aliphatic heterocycles. The standard InChI is InChI=1S/C10H15BrClNOS/c1-13(4-9(12)6-14-2)5-10-3-8(11)7-15-10/h3,7,9H,4-6H2,1-2H3. The van der Waals surface area contributed by atoms with E-state index in [1.807, 2.05) is 0 Å². The van der Waals surface area contributed by atoms with Crippen molar-refractivity contribution in [2.45, 2.75) is 11.9 Å². The van der Waals surface area contributed by atoms with E-state index in [2.05, 4.69) is 39.3 Å². The van der Waals surface area contributed by atoms with Crippen molar-refractivity contribution in [3.05, 3.63) is 20.8 Å². The Balaban J connectivity index is 2.32. The van der Waals surface area contributed by atoms with Gasteiger partial charge in [-0.3, -0.25) is 4.90 Å². The minimum absolute atomic E-state index is 0.0587. The summed E-state index contributed by atoms with van der Waals surface area (Å²) in [7, 11) is 3.74. The van der Waals surface area contributed by atoms with Crippen molar-refractivity contribution in [1.29, 1.82) is 0 Å². The van der Waals surface area contributed by atoms with Gasteiger partial charge in [-0.2, -0.15) is 0 Å². The fraction of sp³-hybridized carbons (Fsp3) is 0.600. The number of rotatable bonds is 6. The zero-order valence-corrected chi connectivity index (χ0v) is 12.0. The molecule has 0 amide bonds. The number of nitrogens with zero attached hydrogens (tertiary/aromatic N) is 1. The Hall–Kier alpha value is 0.390. The van der Waals surface area contributed by atoms with Crippen LogP contribution in [0.3, 0.4) is 0 Å². The molecule has 1 atom stereocenters. The first-order valence-corrected chi connectivity index (χ1v) is 6.77. The highest BCUT2D eigenvalue weighted by atomic mass is 79.9. The average Bonchev–Trinajstić information content (AvgIpc) is 2.51. The molecular formula is C10H15BrClNOS. The third kappa shape index (κ3) is 5.31. The Bertz CT molecular complexity index is 295. The molecule has 2 nitrogen and oxygen atoms in total. The molecule has 0 bridgehead atoms. The monoisotopic (exact) mass is 311 g/mol. The summed E-state index contributed by atoms with van der Waals surface area (Å²) in [5.74, 6) is 0. The Kier molecular flexibility index (Phi) is 6.16. The average molecular weight is 313 g/mol. The number of alkyl halides is 1. The van der Waals surface area contributed by atoms with Crippen LogP contribution in [0.5, 0.6) is 0 Å². The van der Waals surface area contributed by atoms with Crippen molar-refractivity contribution >= 4 is 38.9 Å². The van der Waals surface area contributed by atoms with E-state index in [-0.39, 0.29) is 5.38 Å². The number of halogens is 2. The van der Waals surface area contributed by atoms with Gasteiger partial charge in [0.2, 0.25) is 0 Å². The van der Waals surface area contributed by atoms with Crippen LogP contribution in [0.15, 0.2) is 15.9 Å². The van der Waals surface area contributed by atoms with Gasteiger partial charge in [-0.1, -0.05) is 0 Å². The van der Waals surface area contributed by atoms with E-state index in [1.54, 1.807) is 18.4 Å². The normalized spacial score (nSPS) is 13.4. The summed E-state index contributed by atoms with van der Waals surface area (Å²) in [6, 6.07) is 2.14. The molecule has 0 aliphatic carbocycles. The molecule has 5 heteroatoms. The summed E-state index contributed by atoms with van der Waals surface area (Å²) in [5.41, 5.74) is 0. The molecule has 0 saturated carbocycles. The zero-order valence-electron chi connectivity index (χ0n) is 8.87. The van der Waals surface area contributed by atoms with Crippen LogP contribution in [-0.2, 0) is 11.3 Å². The van der Waals surface area contributed by atoms with Crippen LogP contribution in [0, 0.1) is 0 Å². The molecule has 0 fully saturated rings. The van der Waals surface area contributed by atoms with Crippen LogP contribution in [0.4, 0.5) is 0 Å². The molecule has 0 aromatic carbocycles. The van der Waals surface area contributed by atoms with Gasteiger partial charge < -0.3 is 4.74 Å². The Morgan fingerprint density at radius 1 is 1.67 bits per heavy atom. The van der Waals surface area contributed by atoms with Gasteiger partial charge in [-0.05, 0) is 29.0 Å². The van der Waals surface area contributed by atoms with E-state index in [9.17, 15) is 0 Å². The second-order valence-electron chi connectivity index (χ2n) is 3.48. The van der Waals surface area contributed by atoms with Crippen molar-refractivity contribution in [2.24, 2.45) is 0 Å². The third-order valence-electron chi connectivity index (χ3n) is 1.90. The predicted octanol–water partition coefficient (Wildman–Crippen LogP) is 3.20. The molecule has 1 aromatic rings. The lowest BCUT2D eigenvalue weighted by Gasteiger charge is -2.18. The molecule has 0 saturated heterocycles. The summed E-state index contributed by atoms with van der Waals surface area (Å²) in [4.78, 5) is 3.54. The predicted molar refractivity (Wildman–Crippen MR) is 69.9 cm³/mol. The van der Waals surface area contributed by atoms with E-state index in [1.165, 1.54) is 4.88 Å². The van der Waals surface area contributed by atoms with Gasteiger partial charge in [-0.15, -0.1) is 22.9 Å². The highest BCUT2D eigenvalue weighted by molar-refractivity contribution is 9.10. The highest BCUT2D eigenvalue weighted by Crippen LogP contribution is 2.20. The maximum absolute atomic E-state index is 6.07. The van der Waals surface area contributed by atoms with E-state index < -0.39 is 0 Å². The van der Waals surface area contributed by atoms with Gasteiger partial charge >= 0.3 is 0 Å². The van der Waals surface area contributed by atoms with Gasteiger partial charge in [0, 0.05) is 34.9 Å². The summed E-state index contributed by atoms with van der Waals surface area (Å²) < 4.78 is 6.14. The minimum atomic E-state index is 0.0587. The lowest BCUT2D eigenvalue weighted by Crippen LogP contribution is -2.28. The van der Waals surface area contributed by atoms with Crippen LogP contribution < -0.4 is 0 Å². The largest absolute Gasteiger partial charge is 0.383 e. The van der Waals surface area contributed by atoms with Crippen molar-refractivity contribution in [1.82, 2.24) is 4.90 Å². The van der Waals surface area contributed by atoms with Crippen LogP contribution in [0.1, 0.15) is 4.88 Å². The fourth-order valence-electron chi connectivity index (χ4n) is 1.34. The number of ether oxygens (including phenoxy) is 1. The third-order valence-corrected chi connectivity index (χ3v) is 3.85. The van der Waals surface area contributed by atoms with E-state index in [4.69, 9.17) is 16.3 Å². The topological polar surface area (TPSA) is 12.5 Å². The summed E-state index contributed by atoms with van der Waals surface area (Å²) in [6.45, 7) is 2.37. The maximum Gasteiger partial charge on any atom is 0.0696 e. The first kappa shape index (κ1) is 13.5. The lowest BCUT2D eigenvalue weighted by molar-refractivity contribution is 0.181. The first-order chi connectivity index (χ1) is 7.11. The van der Waals surface area contributed by atoms with Gasteiger partial charge in [0.15, 0.2) is 0 Å². The molecule has 86 valence electrons. The summed E-state index contributed by atoms with van der Waals surface area (Å²) >= 11 is 11.3. The van der Waals surface area contributed by atoms with E-state index >= 15 is 0 Å². The van der Waals surface area contributed by atoms with E-state index in [0.29, 0.717) is 6.61 Å². The SMILES string of the molecule is COCC(Cl)CN(C)Cc1cc(Br)cs1. The number of methoxy groups -OCH3 is 1. The zero-order chi connectivity index (χ0) is 11.3. The molecule has 1 rings (SSSR count). The molecule has 0 spiro atoms. The molecule has 0 N–H and O–H groups in total. The second-order valence-corrected chi connectivity index (χ2v) is 6.01. The van der Waals surface area contributed by atoms with Gasteiger partial charge in [0.25, 0.3) is 0 Å². The minimum Gasteiger partial charge on any atom is -0.383 e. The fourth-order valence-corrected chi connectivity index (χ4v) is 3.23. The lowest BCUT2D eigenvalue weighted by atomic mass is 10.3. The van der Waals surface area contributed by atoms with E-state index in [0.717, 1.165) is 17.6 Å². The number of hydrogen-bond donors (Lipinski definition) is 0. The van der Waals surface area contributed by atoms with Crippen LogP contribution >= 0.6 is 38.9 Å². The Morgan fingerprint density at radius 2 is 2.40 bits per heavy atom. The van der Waals surface area contributed by atoms with Gasteiger partial charge in [0.1, 0.15) is 0 Å². The second kappa shape index (κ2) is 6.86. The first-order valence-electron chi connectivity index (χ1n) is 4.66. The molecule has 15 heavy (non-hydrogen) atoms. The quantitative estimate of drug-likeness (QED) is 0.748.